The lowest BCUT2D eigenvalue weighted by Crippen LogP contribution is -2.13. The van der Waals surface area contributed by atoms with Crippen LogP contribution in [0.4, 0.5) is 13.2 Å². The summed E-state index contributed by atoms with van der Waals surface area (Å²) in [4.78, 5) is 0. The van der Waals surface area contributed by atoms with Crippen molar-refractivity contribution in [1.82, 2.24) is 15.1 Å². The molecule has 2 aromatic rings. The molecule has 0 saturated carbocycles. The molecule has 0 fully saturated rings. The highest BCUT2D eigenvalue weighted by atomic mass is 19.2. The molecule has 20 heavy (non-hydrogen) atoms. The van der Waals surface area contributed by atoms with E-state index in [1.807, 2.05) is 13.8 Å². The van der Waals surface area contributed by atoms with Crippen LogP contribution < -0.4 is 5.32 Å². The predicted molar refractivity (Wildman–Crippen MR) is 70.2 cm³/mol. The van der Waals surface area contributed by atoms with Gasteiger partial charge in [0.05, 0.1) is 6.20 Å². The predicted octanol–water partition coefficient (Wildman–Crippen LogP) is 2.96. The van der Waals surface area contributed by atoms with Crippen molar-refractivity contribution in [3.63, 3.8) is 0 Å². The van der Waals surface area contributed by atoms with Gasteiger partial charge in [-0.05, 0) is 13.0 Å². The molecule has 1 aromatic carbocycles. The van der Waals surface area contributed by atoms with Crippen LogP contribution in [-0.4, -0.2) is 16.3 Å². The summed E-state index contributed by atoms with van der Waals surface area (Å²) in [5, 5.41) is 7.25. The summed E-state index contributed by atoms with van der Waals surface area (Å²) in [5.74, 6) is -3.13. The van der Waals surface area contributed by atoms with E-state index in [4.69, 9.17) is 0 Å². The summed E-state index contributed by atoms with van der Waals surface area (Å²) >= 11 is 0. The molecule has 1 heterocycles. The fraction of sp³-hybridized carbons (Fsp3) is 0.357. The van der Waals surface area contributed by atoms with Gasteiger partial charge in [0.15, 0.2) is 17.5 Å². The van der Waals surface area contributed by atoms with Crippen LogP contribution in [-0.2, 0) is 13.0 Å². The van der Waals surface area contributed by atoms with Gasteiger partial charge >= 0.3 is 0 Å². The fourth-order valence-electron chi connectivity index (χ4n) is 2.07. The summed E-state index contributed by atoms with van der Waals surface area (Å²) < 4.78 is 41.4. The van der Waals surface area contributed by atoms with Crippen molar-refractivity contribution in [3.8, 4) is 5.69 Å². The average Bonchev–Trinajstić information content (AvgIpc) is 2.83. The first-order valence-corrected chi connectivity index (χ1v) is 6.49. The highest BCUT2D eigenvalue weighted by Gasteiger charge is 2.16. The summed E-state index contributed by atoms with van der Waals surface area (Å²) in [6.45, 7) is 5.28. The summed E-state index contributed by atoms with van der Waals surface area (Å²) in [6.07, 6.45) is 2.22. The van der Waals surface area contributed by atoms with E-state index in [0.29, 0.717) is 19.0 Å². The maximum absolute atomic E-state index is 13.8. The minimum Gasteiger partial charge on any atom is -0.313 e. The normalized spacial score (nSPS) is 11.1. The first-order chi connectivity index (χ1) is 9.58. The third-order valence-electron chi connectivity index (χ3n) is 3.07. The van der Waals surface area contributed by atoms with Gasteiger partial charge in [0.25, 0.3) is 0 Å². The minimum atomic E-state index is -1.20. The van der Waals surface area contributed by atoms with Crippen molar-refractivity contribution >= 4 is 0 Å². The number of nitrogens with one attached hydrogen (secondary N) is 1. The second-order valence-corrected chi connectivity index (χ2v) is 4.38. The first-order valence-electron chi connectivity index (χ1n) is 6.49. The summed E-state index contributed by atoms with van der Waals surface area (Å²) in [5.41, 5.74) is 1.61. The molecule has 3 nitrogen and oxygen atoms in total. The molecular formula is C14H16F3N3. The molecule has 1 aromatic heterocycles. The van der Waals surface area contributed by atoms with Crippen molar-refractivity contribution in [2.45, 2.75) is 26.8 Å². The van der Waals surface area contributed by atoms with Gasteiger partial charge in [0, 0.05) is 29.9 Å². The molecule has 2 rings (SSSR count). The number of halogens is 3. The molecule has 0 saturated heterocycles. The molecule has 0 atom stereocenters. The van der Waals surface area contributed by atoms with Crippen LogP contribution in [0.25, 0.3) is 5.69 Å². The Morgan fingerprint density at radius 3 is 2.45 bits per heavy atom. The van der Waals surface area contributed by atoms with Gasteiger partial charge in [-0.25, -0.2) is 17.9 Å². The molecular weight excluding hydrogens is 267 g/mol. The van der Waals surface area contributed by atoms with Gasteiger partial charge in [-0.2, -0.15) is 5.10 Å². The number of benzene rings is 1. The van der Waals surface area contributed by atoms with Gasteiger partial charge in [-0.3, -0.25) is 0 Å². The first kappa shape index (κ1) is 14.6. The monoisotopic (exact) mass is 283 g/mol. The van der Waals surface area contributed by atoms with Crippen LogP contribution in [0.1, 0.15) is 25.1 Å². The van der Waals surface area contributed by atoms with E-state index in [0.717, 1.165) is 23.9 Å². The number of hydrogen-bond acceptors (Lipinski definition) is 2. The molecule has 0 spiro atoms. The van der Waals surface area contributed by atoms with Crippen molar-refractivity contribution in [2.75, 3.05) is 6.54 Å². The average molecular weight is 283 g/mol. The molecule has 0 aliphatic carbocycles. The zero-order valence-corrected chi connectivity index (χ0v) is 11.4. The van der Waals surface area contributed by atoms with Gasteiger partial charge in [0.2, 0.25) is 0 Å². The van der Waals surface area contributed by atoms with Gasteiger partial charge in [-0.1, -0.05) is 13.8 Å². The molecule has 0 radical (unpaired) electrons. The van der Waals surface area contributed by atoms with E-state index in [2.05, 4.69) is 10.4 Å². The zero-order valence-electron chi connectivity index (χ0n) is 11.4. The molecule has 1 N–H and O–H groups in total. The lowest BCUT2D eigenvalue weighted by atomic mass is 10.2. The lowest BCUT2D eigenvalue weighted by Gasteiger charge is -2.09. The Morgan fingerprint density at radius 1 is 1.10 bits per heavy atom. The third kappa shape index (κ3) is 2.70. The van der Waals surface area contributed by atoms with Crippen LogP contribution in [0.2, 0.25) is 0 Å². The van der Waals surface area contributed by atoms with Crippen LogP contribution >= 0.6 is 0 Å². The Kier molecular flexibility index (Phi) is 4.44. The highest BCUT2D eigenvalue weighted by molar-refractivity contribution is 5.37. The number of nitrogens with zero attached hydrogens (tertiary/aromatic N) is 2. The van der Waals surface area contributed by atoms with E-state index in [9.17, 15) is 13.2 Å². The van der Waals surface area contributed by atoms with Crippen LogP contribution in [0.3, 0.4) is 0 Å². The van der Waals surface area contributed by atoms with Gasteiger partial charge in [0.1, 0.15) is 5.69 Å². The molecule has 0 amide bonds. The van der Waals surface area contributed by atoms with E-state index in [1.165, 1.54) is 4.68 Å². The molecule has 0 aliphatic heterocycles. The van der Waals surface area contributed by atoms with E-state index < -0.39 is 17.5 Å². The topological polar surface area (TPSA) is 29.9 Å². The maximum atomic E-state index is 13.8. The van der Waals surface area contributed by atoms with E-state index in [-0.39, 0.29) is 5.69 Å². The van der Waals surface area contributed by atoms with E-state index >= 15 is 0 Å². The standard InChI is InChI=1S/C14H16F3N3/c1-3-13-9(7-18-4-2)8-19-20(13)14-6-11(16)10(15)5-12(14)17/h5-6,8,18H,3-4,7H2,1-2H3. The molecule has 0 bridgehead atoms. The Labute approximate surface area is 115 Å². The lowest BCUT2D eigenvalue weighted by molar-refractivity contribution is 0.491. The van der Waals surface area contributed by atoms with Crippen LogP contribution in [0.15, 0.2) is 18.3 Å². The number of rotatable bonds is 5. The molecule has 6 heteroatoms. The van der Waals surface area contributed by atoms with E-state index in [1.54, 1.807) is 6.20 Å². The van der Waals surface area contributed by atoms with Crippen LogP contribution in [0.5, 0.6) is 0 Å². The van der Waals surface area contributed by atoms with Gasteiger partial charge < -0.3 is 5.32 Å². The molecule has 0 aliphatic rings. The Hall–Kier alpha value is -1.82. The van der Waals surface area contributed by atoms with Crippen LogP contribution in [0, 0.1) is 17.5 Å². The smallest absolute Gasteiger partial charge is 0.161 e. The third-order valence-corrected chi connectivity index (χ3v) is 3.07. The molecule has 0 unspecified atom stereocenters. The number of aromatic nitrogens is 2. The Balaban J connectivity index is 2.47. The minimum absolute atomic E-state index is 0.0801. The van der Waals surface area contributed by atoms with Crippen molar-refractivity contribution in [3.05, 3.63) is 47.0 Å². The fourth-order valence-corrected chi connectivity index (χ4v) is 2.07. The second-order valence-electron chi connectivity index (χ2n) is 4.38. The van der Waals surface area contributed by atoms with Crippen molar-refractivity contribution < 1.29 is 13.2 Å². The van der Waals surface area contributed by atoms with Gasteiger partial charge in [-0.15, -0.1) is 0 Å². The largest absolute Gasteiger partial charge is 0.313 e. The molecule has 108 valence electrons. The Bertz CT molecular complexity index is 608. The Morgan fingerprint density at radius 2 is 1.80 bits per heavy atom. The maximum Gasteiger partial charge on any atom is 0.161 e. The van der Waals surface area contributed by atoms with Crippen molar-refractivity contribution in [1.29, 1.82) is 0 Å². The quantitative estimate of drug-likeness (QED) is 0.855. The summed E-state index contributed by atoms with van der Waals surface area (Å²) in [7, 11) is 0. The highest BCUT2D eigenvalue weighted by Crippen LogP contribution is 2.21. The van der Waals surface area contributed by atoms with Crippen molar-refractivity contribution in [2.24, 2.45) is 0 Å². The number of hydrogen-bond donors (Lipinski definition) is 1. The SMILES string of the molecule is CCNCc1cnn(-c2cc(F)c(F)cc2F)c1CC. The zero-order chi connectivity index (χ0) is 14.7. The second kappa shape index (κ2) is 6.09. The summed E-state index contributed by atoms with van der Waals surface area (Å²) in [6, 6.07) is 1.36.